The molecule has 8 heteroatoms. The lowest BCUT2D eigenvalue weighted by atomic mass is 10.2. The number of hydrogen-bond acceptors (Lipinski definition) is 3. The van der Waals surface area contributed by atoms with E-state index in [1.165, 1.54) is 0 Å². The summed E-state index contributed by atoms with van der Waals surface area (Å²) in [5, 5.41) is 8.72. The predicted octanol–water partition coefficient (Wildman–Crippen LogP) is 1.74. The van der Waals surface area contributed by atoms with Crippen LogP contribution in [0.15, 0.2) is 17.0 Å². The first-order valence-corrected chi connectivity index (χ1v) is 7.42. The number of aromatic carboxylic acids is 1. The number of benzene rings is 1. The Balaban J connectivity index is 3.31. The fourth-order valence-corrected chi connectivity index (χ4v) is 2.93. The molecule has 0 aliphatic carbocycles. The van der Waals surface area contributed by atoms with Gasteiger partial charge in [-0.25, -0.2) is 22.0 Å². The van der Waals surface area contributed by atoms with Crippen LogP contribution in [-0.2, 0) is 10.0 Å². The van der Waals surface area contributed by atoms with Crippen molar-refractivity contribution in [3.05, 3.63) is 29.3 Å². The topological polar surface area (TPSA) is 83.5 Å². The number of hydrogen-bond donors (Lipinski definition) is 2. The first kappa shape index (κ1) is 17.1. The maximum absolute atomic E-state index is 13.9. The Hall–Kier alpha value is -1.98. The molecule has 0 aromatic heterocycles. The summed E-state index contributed by atoms with van der Waals surface area (Å²) in [5.41, 5.74) is -1.33. The molecule has 21 heavy (non-hydrogen) atoms. The van der Waals surface area contributed by atoms with Gasteiger partial charge in [-0.2, -0.15) is 4.72 Å². The summed E-state index contributed by atoms with van der Waals surface area (Å²) in [6.07, 6.45) is 6.07. The molecule has 0 heterocycles. The number of halogens is 2. The summed E-state index contributed by atoms with van der Waals surface area (Å²) in [4.78, 5) is 9.81. The zero-order valence-electron chi connectivity index (χ0n) is 11.1. The summed E-state index contributed by atoms with van der Waals surface area (Å²) >= 11 is 0. The molecule has 1 rings (SSSR count). The predicted molar refractivity (Wildman–Crippen MR) is 71.2 cm³/mol. The second kappa shape index (κ2) is 6.65. The van der Waals surface area contributed by atoms with Crippen molar-refractivity contribution in [2.24, 2.45) is 0 Å². The van der Waals surface area contributed by atoms with Crippen molar-refractivity contribution in [2.75, 3.05) is 0 Å². The Bertz CT molecular complexity index is 695. The van der Waals surface area contributed by atoms with E-state index < -0.39 is 44.1 Å². The van der Waals surface area contributed by atoms with Crippen molar-refractivity contribution in [3.63, 3.8) is 0 Å². The molecule has 0 radical (unpaired) electrons. The van der Waals surface area contributed by atoms with Crippen LogP contribution in [0.1, 0.15) is 30.1 Å². The fraction of sp³-hybridized carbons (Fsp3) is 0.308. The van der Waals surface area contributed by atoms with Crippen LogP contribution in [0.25, 0.3) is 0 Å². The maximum atomic E-state index is 13.9. The molecule has 0 bridgehead atoms. The molecule has 5 nitrogen and oxygen atoms in total. The van der Waals surface area contributed by atoms with Gasteiger partial charge in [-0.15, -0.1) is 6.42 Å². The lowest BCUT2D eigenvalue weighted by Crippen LogP contribution is -2.34. The molecule has 0 fully saturated rings. The first-order valence-electron chi connectivity index (χ1n) is 5.94. The maximum Gasteiger partial charge on any atom is 0.341 e. The third-order valence-corrected chi connectivity index (χ3v) is 4.12. The molecule has 0 saturated heterocycles. The summed E-state index contributed by atoms with van der Waals surface area (Å²) < 4.78 is 53.3. The zero-order chi connectivity index (χ0) is 16.2. The third-order valence-electron chi connectivity index (χ3n) is 2.64. The molecule has 0 amide bonds. The van der Waals surface area contributed by atoms with E-state index in [0.29, 0.717) is 25.0 Å². The first-order chi connectivity index (χ1) is 9.74. The molecule has 0 saturated carbocycles. The van der Waals surface area contributed by atoms with Crippen LogP contribution >= 0.6 is 0 Å². The van der Waals surface area contributed by atoms with E-state index in [9.17, 15) is 22.0 Å². The fourth-order valence-electron chi connectivity index (χ4n) is 1.65. The van der Waals surface area contributed by atoms with Gasteiger partial charge in [-0.05, 0) is 18.6 Å². The molecule has 1 unspecified atom stereocenters. The summed E-state index contributed by atoms with van der Waals surface area (Å²) in [6, 6.07) is 0.364. The molecule has 0 spiro atoms. The van der Waals surface area contributed by atoms with Gasteiger partial charge in [0.1, 0.15) is 16.3 Å². The van der Waals surface area contributed by atoms with Crippen molar-refractivity contribution in [2.45, 2.75) is 30.7 Å². The molecule has 0 aliphatic rings. The van der Waals surface area contributed by atoms with Gasteiger partial charge in [0.25, 0.3) is 0 Å². The molecule has 1 aromatic rings. The van der Waals surface area contributed by atoms with Crippen LogP contribution in [0.3, 0.4) is 0 Å². The van der Waals surface area contributed by atoms with Crippen molar-refractivity contribution < 1.29 is 27.1 Å². The number of carboxylic acids is 1. The Kier molecular flexibility index (Phi) is 5.41. The highest BCUT2D eigenvalue weighted by Crippen LogP contribution is 2.21. The van der Waals surface area contributed by atoms with Gasteiger partial charge in [0, 0.05) is 0 Å². The van der Waals surface area contributed by atoms with E-state index in [4.69, 9.17) is 11.5 Å². The van der Waals surface area contributed by atoms with Gasteiger partial charge >= 0.3 is 5.97 Å². The lowest BCUT2D eigenvalue weighted by molar-refractivity contribution is 0.0685. The van der Waals surface area contributed by atoms with E-state index in [-0.39, 0.29) is 0 Å². The van der Waals surface area contributed by atoms with E-state index in [1.807, 2.05) is 0 Å². The van der Waals surface area contributed by atoms with Crippen molar-refractivity contribution in [1.29, 1.82) is 0 Å². The average Bonchev–Trinajstić information content (AvgIpc) is 2.37. The highest BCUT2D eigenvalue weighted by molar-refractivity contribution is 7.89. The minimum atomic E-state index is -4.39. The monoisotopic (exact) mass is 317 g/mol. The third kappa shape index (κ3) is 3.77. The van der Waals surface area contributed by atoms with Crippen LogP contribution in [-0.4, -0.2) is 25.5 Å². The normalized spacial score (nSPS) is 12.7. The minimum absolute atomic E-state index is 0.324. The Morgan fingerprint density at radius 1 is 1.48 bits per heavy atom. The van der Waals surface area contributed by atoms with Gasteiger partial charge in [0.05, 0.1) is 6.04 Å². The van der Waals surface area contributed by atoms with Crippen LogP contribution in [0.4, 0.5) is 8.78 Å². The molecular weight excluding hydrogens is 304 g/mol. The highest BCUT2D eigenvalue weighted by Gasteiger charge is 2.28. The van der Waals surface area contributed by atoms with Crippen molar-refractivity contribution >= 4 is 16.0 Å². The number of carboxylic acid groups (broad SMARTS) is 1. The van der Waals surface area contributed by atoms with Crippen LogP contribution in [0.5, 0.6) is 0 Å². The second-order valence-electron chi connectivity index (χ2n) is 4.17. The molecule has 1 atom stereocenters. The van der Waals surface area contributed by atoms with Crippen LogP contribution in [0, 0.1) is 24.0 Å². The minimum Gasteiger partial charge on any atom is -0.477 e. The van der Waals surface area contributed by atoms with Gasteiger partial charge in [0.2, 0.25) is 10.0 Å². The van der Waals surface area contributed by atoms with Gasteiger partial charge in [-0.1, -0.05) is 19.3 Å². The summed E-state index contributed by atoms with van der Waals surface area (Å²) in [6.45, 7) is 1.78. The van der Waals surface area contributed by atoms with Gasteiger partial charge in [0.15, 0.2) is 5.82 Å². The van der Waals surface area contributed by atoms with Crippen LogP contribution in [0.2, 0.25) is 0 Å². The summed E-state index contributed by atoms with van der Waals surface area (Å²) in [5.74, 6) is -2.73. The average molecular weight is 317 g/mol. The second-order valence-corrected chi connectivity index (χ2v) is 5.85. The Morgan fingerprint density at radius 2 is 2.10 bits per heavy atom. The van der Waals surface area contributed by atoms with E-state index in [2.05, 4.69) is 10.6 Å². The zero-order valence-corrected chi connectivity index (χ0v) is 11.9. The molecule has 2 N–H and O–H groups in total. The molecular formula is C13H13F2NO4S. The number of sulfonamides is 1. The van der Waals surface area contributed by atoms with Crippen molar-refractivity contribution in [1.82, 2.24) is 4.72 Å². The number of rotatable bonds is 6. The molecule has 114 valence electrons. The van der Waals surface area contributed by atoms with Crippen LogP contribution < -0.4 is 4.72 Å². The van der Waals surface area contributed by atoms with Crippen molar-refractivity contribution in [3.8, 4) is 12.3 Å². The number of nitrogens with one attached hydrogen (secondary N) is 1. The highest BCUT2D eigenvalue weighted by atomic mass is 32.2. The largest absolute Gasteiger partial charge is 0.477 e. The molecule has 1 aromatic carbocycles. The Morgan fingerprint density at radius 3 is 2.57 bits per heavy atom. The number of carbonyl (C=O) groups is 1. The van der Waals surface area contributed by atoms with Gasteiger partial charge < -0.3 is 5.11 Å². The molecule has 0 aliphatic heterocycles. The summed E-state index contributed by atoms with van der Waals surface area (Å²) in [7, 11) is -4.39. The van der Waals surface area contributed by atoms with E-state index in [0.717, 1.165) is 0 Å². The Labute approximate surface area is 121 Å². The standard InChI is InChI=1S/C13H13F2NO4S/c1-3-5-8(4-2)16-21(19,20)10-7-6-9(14)11(12(10)15)13(17)18/h2,6-8,16H,3,5H2,1H3,(H,17,18). The van der Waals surface area contributed by atoms with E-state index >= 15 is 0 Å². The SMILES string of the molecule is C#CC(CCC)NS(=O)(=O)c1ccc(F)c(C(=O)O)c1F. The smallest absolute Gasteiger partial charge is 0.341 e. The van der Waals surface area contributed by atoms with E-state index in [1.54, 1.807) is 6.92 Å². The van der Waals surface area contributed by atoms with Gasteiger partial charge in [-0.3, -0.25) is 0 Å². The quantitative estimate of drug-likeness (QED) is 0.783. The number of terminal acetylenes is 1. The lowest BCUT2D eigenvalue weighted by Gasteiger charge is -2.13.